The Morgan fingerprint density at radius 1 is 1.24 bits per heavy atom. The Morgan fingerprint density at radius 2 is 1.82 bits per heavy atom. The Bertz CT molecular complexity index is 200. The van der Waals surface area contributed by atoms with Crippen molar-refractivity contribution in [2.45, 2.75) is 58.1 Å². The van der Waals surface area contributed by atoms with Gasteiger partial charge in [-0.15, -0.1) is 0 Å². The Labute approximate surface area is 99.7 Å². The van der Waals surface area contributed by atoms with Crippen LogP contribution in [0.15, 0.2) is 0 Å². The van der Waals surface area contributed by atoms with Crippen LogP contribution in [0.4, 0.5) is 17.6 Å². The third-order valence-electron chi connectivity index (χ3n) is 2.20. The lowest BCUT2D eigenvalue weighted by molar-refractivity contribution is -0.176. The molecule has 0 aromatic carbocycles. The number of hydrogen-bond donors (Lipinski definition) is 1. The first kappa shape index (κ1) is 16.6. The third-order valence-corrected chi connectivity index (χ3v) is 2.20. The van der Waals surface area contributed by atoms with Gasteiger partial charge in [0.25, 0.3) is 0 Å². The predicted molar refractivity (Wildman–Crippen MR) is 58.7 cm³/mol. The zero-order valence-electron chi connectivity index (χ0n) is 10.5. The fraction of sp³-hybridized carbons (Fsp3) is 1.00. The Kier molecular flexibility index (Phi) is 7.70. The topological polar surface area (TPSA) is 21.3 Å². The summed E-state index contributed by atoms with van der Waals surface area (Å²) in [6.07, 6.45) is -2.81. The molecule has 0 saturated carbocycles. The van der Waals surface area contributed by atoms with E-state index in [9.17, 15) is 17.6 Å². The molecule has 17 heavy (non-hydrogen) atoms. The van der Waals surface area contributed by atoms with Gasteiger partial charge in [-0.05, 0) is 6.42 Å². The molecule has 0 aromatic rings. The van der Waals surface area contributed by atoms with E-state index < -0.39 is 25.1 Å². The molecule has 0 bridgehead atoms. The van der Waals surface area contributed by atoms with E-state index in [0.717, 1.165) is 6.42 Å². The minimum absolute atomic E-state index is 0.202. The Hall–Kier alpha value is -0.360. The highest BCUT2D eigenvalue weighted by atomic mass is 19.3. The van der Waals surface area contributed by atoms with Crippen LogP contribution >= 0.6 is 0 Å². The molecule has 0 aliphatic carbocycles. The molecule has 0 spiro atoms. The average Bonchev–Trinajstić information content (AvgIpc) is 2.21. The van der Waals surface area contributed by atoms with Gasteiger partial charge in [0.2, 0.25) is 0 Å². The minimum atomic E-state index is -4.07. The summed E-state index contributed by atoms with van der Waals surface area (Å²) in [4.78, 5) is 0. The molecule has 1 atom stereocenters. The number of nitrogens with one attached hydrogen (secondary N) is 1. The van der Waals surface area contributed by atoms with E-state index >= 15 is 0 Å². The number of halogens is 4. The average molecular weight is 259 g/mol. The molecule has 0 amide bonds. The van der Waals surface area contributed by atoms with Crippen molar-refractivity contribution < 1.29 is 22.3 Å². The number of rotatable bonds is 9. The molecule has 0 aliphatic rings. The van der Waals surface area contributed by atoms with Crippen molar-refractivity contribution in [3.05, 3.63) is 0 Å². The van der Waals surface area contributed by atoms with Gasteiger partial charge in [0.15, 0.2) is 0 Å². The molecule has 0 fully saturated rings. The van der Waals surface area contributed by atoms with E-state index in [-0.39, 0.29) is 6.04 Å². The van der Waals surface area contributed by atoms with Crippen molar-refractivity contribution >= 4 is 0 Å². The summed E-state index contributed by atoms with van der Waals surface area (Å²) in [5, 5.41) is 3.04. The van der Waals surface area contributed by atoms with Gasteiger partial charge in [-0.2, -0.15) is 8.78 Å². The lowest BCUT2D eigenvalue weighted by Crippen LogP contribution is -2.39. The first-order valence-corrected chi connectivity index (χ1v) is 5.80. The summed E-state index contributed by atoms with van der Waals surface area (Å²) in [5.74, 6) is -4.07. The Morgan fingerprint density at radius 3 is 2.24 bits per heavy atom. The maximum Gasteiger partial charge on any atom is 0.330 e. The van der Waals surface area contributed by atoms with Crippen molar-refractivity contribution in [1.29, 1.82) is 0 Å². The van der Waals surface area contributed by atoms with Gasteiger partial charge in [-0.1, -0.05) is 27.2 Å². The van der Waals surface area contributed by atoms with Gasteiger partial charge in [0.1, 0.15) is 6.61 Å². The first-order valence-electron chi connectivity index (χ1n) is 5.80. The molecule has 1 N–H and O–H groups in total. The van der Waals surface area contributed by atoms with Crippen LogP contribution in [0, 0.1) is 0 Å². The van der Waals surface area contributed by atoms with Gasteiger partial charge in [-0.3, -0.25) is 0 Å². The summed E-state index contributed by atoms with van der Waals surface area (Å²) in [5.41, 5.74) is 0. The van der Waals surface area contributed by atoms with E-state index in [1.165, 1.54) is 0 Å². The van der Waals surface area contributed by atoms with Crippen LogP contribution < -0.4 is 5.32 Å². The summed E-state index contributed by atoms with van der Waals surface area (Å²) in [6, 6.07) is 0.202. The fourth-order valence-electron chi connectivity index (χ4n) is 1.23. The molecular weight excluding hydrogens is 238 g/mol. The zero-order chi connectivity index (χ0) is 13.5. The first-order chi connectivity index (χ1) is 7.79. The van der Waals surface area contributed by atoms with Gasteiger partial charge >= 0.3 is 12.3 Å². The second kappa shape index (κ2) is 7.87. The summed E-state index contributed by atoms with van der Waals surface area (Å²) >= 11 is 0. The van der Waals surface area contributed by atoms with Gasteiger partial charge < -0.3 is 10.1 Å². The van der Waals surface area contributed by atoms with Crippen molar-refractivity contribution in [2.24, 2.45) is 0 Å². The van der Waals surface area contributed by atoms with Crippen molar-refractivity contribution in [1.82, 2.24) is 5.32 Å². The number of hydrogen-bond acceptors (Lipinski definition) is 2. The largest absolute Gasteiger partial charge is 0.370 e. The van der Waals surface area contributed by atoms with Gasteiger partial charge in [-0.25, -0.2) is 8.78 Å². The zero-order valence-corrected chi connectivity index (χ0v) is 10.5. The molecule has 1 unspecified atom stereocenters. The van der Waals surface area contributed by atoms with E-state index in [0.29, 0.717) is 13.0 Å². The number of alkyl halides is 4. The molecule has 0 saturated heterocycles. The highest BCUT2D eigenvalue weighted by Crippen LogP contribution is 2.23. The van der Waals surface area contributed by atoms with Crippen LogP contribution in [0.2, 0.25) is 0 Å². The van der Waals surface area contributed by atoms with Crippen molar-refractivity contribution in [3.63, 3.8) is 0 Å². The molecular formula is C11H21F4NO. The fourth-order valence-corrected chi connectivity index (χ4v) is 1.23. The van der Waals surface area contributed by atoms with Crippen molar-refractivity contribution in [3.8, 4) is 0 Å². The van der Waals surface area contributed by atoms with Crippen molar-refractivity contribution in [2.75, 3.05) is 13.2 Å². The summed E-state index contributed by atoms with van der Waals surface area (Å²) in [6.45, 7) is 4.88. The number of ether oxygens (including phenoxy) is 1. The van der Waals surface area contributed by atoms with Gasteiger partial charge in [0, 0.05) is 12.6 Å². The van der Waals surface area contributed by atoms with Crippen LogP contribution in [0.5, 0.6) is 0 Å². The SMILES string of the molecule is CCCC(CNC(C)C)OCC(F)(F)C(F)F. The lowest BCUT2D eigenvalue weighted by atomic mass is 10.2. The molecule has 0 heterocycles. The normalized spacial score (nSPS) is 14.6. The predicted octanol–water partition coefficient (Wildman–Crippen LogP) is 3.07. The smallest absolute Gasteiger partial charge is 0.330 e. The molecule has 0 aliphatic heterocycles. The summed E-state index contributed by atoms with van der Waals surface area (Å²) < 4.78 is 54.0. The van der Waals surface area contributed by atoms with Gasteiger partial charge in [0.05, 0.1) is 6.10 Å². The molecule has 0 radical (unpaired) electrons. The van der Waals surface area contributed by atoms with E-state index in [4.69, 9.17) is 4.74 Å². The quantitative estimate of drug-likeness (QED) is 0.642. The van der Waals surface area contributed by atoms with Crippen LogP contribution in [0.1, 0.15) is 33.6 Å². The van der Waals surface area contributed by atoms with Crippen LogP contribution in [0.3, 0.4) is 0 Å². The maximum absolute atomic E-state index is 12.7. The molecule has 0 aromatic heterocycles. The van der Waals surface area contributed by atoms with E-state index in [1.54, 1.807) is 0 Å². The molecule has 6 heteroatoms. The minimum Gasteiger partial charge on any atom is -0.370 e. The van der Waals surface area contributed by atoms with Crippen LogP contribution in [0.25, 0.3) is 0 Å². The summed E-state index contributed by atoms with van der Waals surface area (Å²) in [7, 11) is 0. The molecule has 2 nitrogen and oxygen atoms in total. The van der Waals surface area contributed by atoms with Crippen LogP contribution in [-0.2, 0) is 4.74 Å². The second-order valence-corrected chi connectivity index (χ2v) is 4.35. The monoisotopic (exact) mass is 259 g/mol. The Balaban J connectivity index is 4.07. The van der Waals surface area contributed by atoms with E-state index in [1.807, 2.05) is 20.8 Å². The lowest BCUT2D eigenvalue weighted by Gasteiger charge is -2.22. The maximum atomic E-state index is 12.7. The van der Waals surface area contributed by atoms with Crippen LogP contribution in [-0.4, -0.2) is 37.6 Å². The molecule has 0 rings (SSSR count). The highest BCUT2D eigenvalue weighted by molar-refractivity contribution is 4.71. The second-order valence-electron chi connectivity index (χ2n) is 4.35. The van der Waals surface area contributed by atoms with E-state index in [2.05, 4.69) is 5.32 Å². The standard InChI is InChI=1S/C11H21F4NO/c1-4-5-9(6-16-8(2)3)17-7-11(14,15)10(12)13/h8-10,16H,4-7H2,1-3H3. The third kappa shape index (κ3) is 7.54. The molecule has 104 valence electrons. The highest BCUT2D eigenvalue weighted by Gasteiger charge is 2.41.